The molecule has 2 saturated heterocycles. The van der Waals surface area contributed by atoms with Crippen molar-refractivity contribution in [1.82, 2.24) is 15.1 Å². The van der Waals surface area contributed by atoms with E-state index < -0.39 is 10.0 Å². The van der Waals surface area contributed by atoms with Gasteiger partial charge < -0.3 is 10.2 Å². The van der Waals surface area contributed by atoms with Gasteiger partial charge in [0.05, 0.1) is 0 Å². The second kappa shape index (κ2) is 10.2. The molecule has 0 aliphatic carbocycles. The zero-order valence-electron chi connectivity index (χ0n) is 20.9. The Bertz CT molecular complexity index is 1100. The number of hydrogen-bond acceptors (Lipinski definition) is 5. The molecule has 1 atom stereocenters. The van der Waals surface area contributed by atoms with Crippen LogP contribution < -0.4 is 5.32 Å². The lowest BCUT2D eigenvalue weighted by Gasteiger charge is -2.34. The van der Waals surface area contributed by atoms with E-state index in [0.29, 0.717) is 60.4 Å². The molecule has 3 heterocycles. The summed E-state index contributed by atoms with van der Waals surface area (Å²) in [6.45, 7) is 12.1. The second-order valence-corrected chi connectivity index (χ2v) is 11.6. The van der Waals surface area contributed by atoms with Crippen molar-refractivity contribution in [3.8, 4) is 0 Å². The van der Waals surface area contributed by atoms with E-state index in [1.165, 1.54) is 19.3 Å². The monoisotopic (exact) mass is 486 g/mol. The zero-order chi connectivity index (χ0) is 24.5. The largest absolute Gasteiger partial charge is 0.356 e. The highest BCUT2D eigenvalue weighted by Gasteiger charge is 2.35. The molecular formula is C26H38N4O3S. The maximum Gasteiger partial charge on any atom is 0.285 e. The highest BCUT2D eigenvalue weighted by molar-refractivity contribution is 8.00. The van der Waals surface area contributed by atoms with Gasteiger partial charge in [-0.15, -0.1) is 4.40 Å². The van der Waals surface area contributed by atoms with Gasteiger partial charge in [0.2, 0.25) is 5.91 Å². The quantitative estimate of drug-likeness (QED) is 0.689. The molecule has 34 heavy (non-hydrogen) atoms. The number of carbonyl (C=O) groups excluding carboxylic acids is 1. The number of likely N-dealkylation sites (tertiary alicyclic amines) is 2. The van der Waals surface area contributed by atoms with Gasteiger partial charge in [-0.1, -0.05) is 24.6 Å². The van der Waals surface area contributed by atoms with Crippen LogP contribution in [0.4, 0.5) is 0 Å². The summed E-state index contributed by atoms with van der Waals surface area (Å²) in [7, 11) is -3.73. The molecule has 2 fully saturated rings. The van der Waals surface area contributed by atoms with Gasteiger partial charge in [-0.2, -0.15) is 8.42 Å². The van der Waals surface area contributed by atoms with Gasteiger partial charge in [-0.3, -0.25) is 9.69 Å². The Morgan fingerprint density at radius 1 is 1.06 bits per heavy atom. The van der Waals surface area contributed by atoms with E-state index in [2.05, 4.69) is 21.5 Å². The van der Waals surface area contributed by atoms with E-state index >= 15 is 0 Å². The van der Waals surface area contributed by atoms with Crippen molar-refractivity contribution >= 4 is 26.7 Å². The number of nitrogens with one attached hydrogen (secondary N) is 1. The molecule has 1 aromatic rings. The fraction of sp³-hybridized carbons (Fsp3) is 0.615. The molecule has 0 bridgehead atoms. The Hall–Kier alpha value is -2.19. The third-order valence-electron chi connectivity index (χ3n) is 7.71. The molecule has 0 unspecified atom stereocenters. The molecule has 3 aliphatic heterocycles. The molecule has 1 amide bonds. The van der Waals surface area contributed by atoms with Crippen LogP contribution in [0.15, 0.2) is 28.2 Å². The topological polar surface area (TPSA) is 82.1 Å². The lowest BCUT2D eigenvalue weighted by Crippen LogP contribution is -2.46. The Balaban J connectivity index is 1.35. The zero-order valence-corrected chi connectivity index (χ0v) is 21.7. The molecule has 4 rings (SSSR count). The molecular weight excluding hydrogens is 448 g/mol. The molecule has 3 aliphatic rings. The van der Waals surface area contributed by atoms with Crippen LogP contribution in [-0.4, -0.2) is 68.7 Å². The number of rotatable bonds is 5. The predicted molar refractivity (Wildman–Crippen MR) is 137 cm³/mol. The lowest BCUT2D eigenvalue weighted by molar-refractivity contribution is -0.126. The predicted octanol–water partition coefficient (Wildman–Crippen LogP) is 3.48. The van der Waals surface area contributed by atoms with Crippen LogP contribution in [0.25, 0.3) is 4.91 Å². The van der Waals surface area contributed by atoms with E-state index in [1.54, 1.807) is 0 Å². The first kappa shape index (κ1) is 24.9. The fourth-order valence-corrected chi connectivity index (χ4v) is 6.85. The third kappa shape index (κ3) is 5.23. The number of nitrogens with zero attached hydrogens (tertiary/aromatic N) is 3. The molecule has 0 radical (unpaired) electrons. The number of piperidine rings is 2. The first-order chi connectivity index (χ1) is 16.2. The van der Waals surface area contributed by atoms with E-state index in [9.17, 15) is 13.2 Å². The van der Waals surface area contributed by atoms with Crippen molar-refractivity contribution in [3.05, 3.63) is 40.5 Å². The molecule has 1 N–H and O–H groups in total. The van der Waals surface area contributed by atoms with Crippen LogP contribution in [0.5, 0.6) is 0 Å². The van der Waals surface area contributed by atoms with Gasteiger partial charge >= 0.3 is 0 Å². The molecule has 1 aromatic carbocycles. The summed E-state index contributed by atoms with van der Waals surface area (Å²) in [4.78, 5) is 17.5. The maximum atomic E-state index is 12.9. The van der Waals surface area contributed by atoms with E-state index in [1.807, 2.05) is 43.9 Å². The van der Waals surface area contributed by atoms with Crippen LogP contribution in [0.2, 0.25) is 0 Å². The summed E-state index contributed by atoms with van der Waals surface area (Å²) in [5, 5.41) is 3.13. The minimum absolute atomic E-state index is 0.0304. The van der Waals surface area contributed by atoms with Gasteiger partial charge in [-0.05, 0) is 76.6 Å². The fourth-order valence-electron chi connectivity index (χ4n) is 5.38. The summed E-state index contributed by atoms with van der Waals surface area (Å²) >= 11 is 0. The SMILES string of the molecule is CC1=C(c2ccc(C)c(C)c2)S(=O)(=O)N=C1N1CCC(C(=O)NCCN2CCCC[C@H]2C)CC1. The summed E-state index contributed by atoms with van der Waals surface area (Å²) in [5.74, 6) is 0.622. The standard InChI is InChI=1S/C26H38N4O3S/c1-18-8-9-23(17-19(18)2)24-21(4)25(28-34(24,32)33)30-14-10-22(11-15-30)26(31)27-12-16-29-13-6-5-7-20(29)3/h8-9,17,20,22H,5-7,10-16H2,1-4H3,(H,27,31)/t20-/m1/s1. The van der Waals surface area contributed by atoms with Crippen molar-refractivity contribution in [2.45, 2.75) is 65.8 Å². The number of benzene rings is 1. The number of sulfonamides is 1. The molecule has 0 saturated carbocycles. The molecule has 0 spiro atoms. The Morgan fingerprint density at radius 3 is 2.47 bits per heavy atom. The number of hydrogen-bond donors (Lipinski definition) is 1. The van der Waals surface area contributed by atoms with Gasteiger partial charge in [0.15, 0.2) is 0 Å². The van der Waals surface area contributed by atoms with Crippen LogP contribution in [-0.2, 0) is 14.8 Å². The first-order valence-electron chi connectivity index (χ1n) is 12.6. The highest BCUT2D eigenvalue weighted by atomic mass is 32.2. The summed E-state index contributed by atoms with van der Waals surface area (Å²) in [6, 6.07) is 6.33. The lowest BCUT2D eigenvalue weighted by atomic mass is 9.95. The Labute approximate surface area is 204 Å². The minimum Gasteiger partial charge on any atom is -0.356 e. The smallest absolute Gasteiger partial charge is 0.285 e. The molecule has 8 heteroatoms. The van der Waals surface area contributed by atoms with Crippen molar-refractivity contribution < 1.29 is 13.2 Å². The Kier molecular flexibility index (Phi) is 7.48. The van der Waals surface area contributed by atoms with E-state index in [4.69, 9.17) is 0 Å². The third-order valence-corrected chi connectivity index (χ3v) is 9.18. The van der Waals surface area contributed by atoms with Crippen molar-refractivity contribution in [2.75, 3.05) is 32.7 Å². The van der Waals surface area contributed by atoms with Crippen molar-refractivity contribution in [1.29, 1.82) is 0 Å². The Morgan fingerprint density at radius 2 is 1.79 bits per heavy atom. The second-order valence-electron chi connectivity index (χ2n) is 10.1. The summed E-state index contributed by atoms with van der Waals surface area (Å²) in [5.41, 5.74) is 3.57. The maximum absolute atomic E-state index is 12.9. The highest BCUT2D eigenvalue weighted by Crippen LogP contribution is 2.35. The van der Waals surface area contributed by atoms with E-state index in [-0.39, 0.29) is 11.8 Å². The van der Waals surface area contributed by atoms with Crippen LogP contribution in [0.3, 0.4) is 0 Å². The minimum atomic E-state index is -3.73. The van der Waals surface area contributed by atoms with Crippen molar-refractivity contribution in [2.24, 2.45) is 10.3 Å². The average molecular weight is 487 g/mol. The van der Waals surface area contributed by atoms with Crippen molar-refractivity contribution in [3.63, 3.8) is 0 Å². The molecule has 0 aromatic heterocycles. The number of amidine groups is 1. The normalized spacial score (nSPS) is 23.8. The summed E-state index contributed by atoms with van der Waals surface area (Å²) in [6.07, 6.45) is 5.20. The first-order valence-corrected chi connectivity index (χ1v) is 14.0. The van der Waals surface area contributed by atoms with E-state index in [0.717, 1.165) is 24.2 Å². The van der Waals surface area contributed by atoms with Crippen LogP contribution in [0.1, 0.15) is 62.6 Å². The van der Waals surface area contributed by atoms with Gasteiger partial charge in [-0.25, -0.2) is 0 Å². The number of aryl methyl sites for hydroxylation is 2. The van der Waals surface area contributed by atoms with Gasteiger partial charge in [0, 0.05) is 43.7 Å². The van der Waals surface area contributed by atoms with Gasteiger partial charge in [0.25, 0.3) is 10.0 Å². The number of carbonyl (C=O) groups is 1. The molecule has 186 valence electrons. The number of amides is 1. The van der Waals surface area contributed by atoms with Crippen LogP contribution in [0, 0.1) is 19.8 Å². The van der Waals surface area contributed by atoms with Crippen LogP contribution >= 0.6 is 0 Å². The van der Waals surface area contributed by atoms with Gasteiger partial charge in [0.1, 0.15) is 10.7 Å². The average Bonchev–Trinajstić information content (AvgIpc) is 3.05. The summed E-state index contributed by atoms with van der Waals surface area (Å²) < 4.78 is 30.0. The molecule has 7 nitrogen and oxygen atoms in total.